The molecule has 0 aliphatic carbocycles. The topological polar surface area (TPSA) is 84.4 Å². The zero-order valence-electron chi connectivity index (χ0n) is 15.5. The molecule has 9 heteroatoms. The van der Waals surface area contributed by atoms with Crippen LogP contribution in [0.3, 0.4) is 0 Å². The van der Waals surface area contributed by atoms with Crippen molar-refractivity contribution in [2.24, 2.45) is 5.92 Å². The number of hydrogen-bond acceptors (Lipinski definition) is 7. The number of amides is 2. The van der Waals surface area contributed by atoms with Gasteiger partial charge < -0.3 is 15.0 Å². The van der Waals surface area contributed by atoms with Gasteiger partial charge in [-0.3, -0.25) is 9.59 Å². The number of ether oxygens (including phenoxy) is 1. The van der Waals surface area contributed by atoms with Gasteiger partial charge in [0.2, 0.25) is 16.9 Å². The average molecular weight is 407 g/mol. The molecule has 0 saturated carbocycles. The summed E-state index contributed by atoms with van der Waals surface area (Å²) in [6.07, 6.45) is 1.21. The molecule has 7 nitrogen and oxygen atoms in total. The predicted octanol–water partition coefficient (Wildman–Crippen LogP) is 3.43. The van der Waals surface area contributed by atoms with Crippen molar-refractivity contribution >= 4 is 45.7 Å². The number of anilines is 2. The monoisotopic (exact) mass is 406 g/mol. The predicted molar refractivity (Wildman–Crippen MR) is 108 cm³/mol. The van der Waals surface area contributed by atoms with Crippen molar-refractivity contribution in [3.8, 4) is 5.75 Å². The van der Waals surface area contributed by atoms with Gasteiger partial charge in [0.25, 0.3) is 0 Å². The fraction of sp³-hybridized carbons (Fsp3) is 0.444. The minimum Gasteiger partial charge on any atom is -0.497 e. The Balaban J connectivity index is 1.62. The number of carbonyl (C=O) groups excluding carboxylic acids is 2. The smallest absolute Gasteiger partial charge is 0.231 e. The molecule has 0 spiro atoms. The van der Waals surface area contributed by atoms with E-state index in [9.17, 15) is 9.59 Å². The normalized spacial score (nSPS) is 17.8. The van der Waals surface area contributed by atoms with Gasteiger partial charge in [0.05, 0.1) is 13.0 Å². The standard InChI is InChI=1S/C18H22N4O3S2/c1-4-11(2)26-18-21-20-17(27-18)19-16(24)12-8-15(23)22(10-12)13-6-5-7-14(9-13)25-3/h5-7,9,11-12H,4,8,10H2,1-3H3,(H,19,20,24)/t11-,12+/m0/s1. The van der Waals surface area contributed by atoms with Crippen LogP contribution in [0.5, 0.6) is 5.75 Å². The molecule has 1 aliphatic rings. The fourth-order valence-electron chi connectivity index (χ4n) is 2.68. The molecule has 1 aromatic heterocycles. The summed E-state index contributed by atoms with van der Waals surface area (Å²) >= 11 is 3.01. The molecule has 27 heavy (non-hydrogen) atoms. The van der Waals surface area contributed by atoms with Gasteiger partial charge in [-0.1, -0.05) is 43.0 Å². The van der Waals surface area contributed by atoms with Crippen molar-refractivity contribution in [2.75, 3.05) is 23.9 Å². The zero-order chi connectivity index (χ0) is 19.4. The molecule has 2 heterocycles. The minimum absolute atomic E-state index is 0.0753. The van der Waals surface area contributed by atoms with Crippen molar-refractivity contribution in [1.82, 2.24) is 10.2 Å². The van der Waals surface area contributed by atoms with E-state index in [1.54, 1.807) is 29.8 Å². The second kappa shape index (κ2) is 8.71. The Labute approximate surface area is 166 Å². The van der Waals surface area contributed by atoms with Crippen LogP contribution in [0.15, 0.2) is 28.6 Å². The summed E-state index contributed by atoms with van der Waals surface area (Å²) < 4.78 is 6.04. The maximum Gasteiger partial charge on any atom is 0.231 e. The number of hydrogen-bond donors (Lipinski definition) is 1. The molecule has 0 bridgehead atoms. The maximum atomic E-state index is 12.6. The summed E-state index contributed by atoms with van der Waals surface area (Å²) in [5.41, 5.74) is 0.734. The molecule has 1 aliphatic heterocycles. The molecule has 1 fully saturated rings. The van der Waals surface area contributed by atoms with Crippen LogP contribution in [-0.4, -0.2) is 40.9 Å². The summed E-state index contributed by atoms with van der Waals surface area (Å²) in [5, 5.41) is 11.9. The number of rotatable bonds is 7. The Morgan fingerprint density at radius 2 is 2.30 bits per heavy atom. The van der Waals surface area contributed by atoms with E-state index in [1.165, 1.54) is 11.3 Å². The van der Waals surface area contributed by atoms with Crippen molar-refractivity contribution in [3.63, 3.8) is 0 Å². The van der Waals surface area contributed by atoms with E-state index >= 15 is 0 Å². The molecular formula is C18H22N4O3S2. The Morgan fingerprint density at radius 3 is 3.04 bits per heavy atom. The Hall–Kier alpha value is -2.13. The number of thioether (sulfide) groups is 1. The first-order valence-electron chi connectivity index (χ1n) is 8.75. The average Bonchev–Trinajstić information content (AvgIpc) is 3.28. The molecule has 1 N–H and O–H groups in total. The van der Waals surface area contributed by atoms with Crippen molar-refractivity contribution < 1.29 is 14.3 Å². The summed E-state index contributed by atoms with van der Waals surface area (Å²) in [4.78, 5) is 26.6. The third-order valence-corrected chi connectivity index (χ3v) is 6.57. The van der Waals surface area contributed by atoms with Crippen molar-refractivity contribution in [1.29, 1.82) is 0 Å². The van der Waals surface area contributed by atoms with Gasteiger partial charge in [0.15, 0.2) is 4.34 Å². The molecular weight excluding hydrogens is 384 g/mol. The fourth-order valence-corrected chi connectivity index (χ4v) is 4.68. The van der Waals surface area contributed by atoms with E-state index in [2.05, 4.69) is 29.4 Å². The minimum atomic E-state index is -0.418. The molecule has 2 amide bonds. The lowest BCUT2D eigenvalue weighted by Crippen LogP contribution is -2.28. The number of aromatic nitrogens is 2. The van der Waals surface area contributed by atoms with E-state index < -0.39 is 5.92 Å². The lowest BCUT2D eigenvalue weighted by atomic mass is 10.1. The molecule has 1 aromatic carbocycles. The summed E-state index contributed by atoms with van der Waals surface area (Å²) in [7, 11) is 1.58. The van der Waals surface area contributed by atoms with Gasteiger partial charge in [0.1, 0.15) is 5.75 Å². The Morgan fingerprint density at radius 1 is 1.48 bits per heavy atom. The third kappa shape index (κ3) is 4.78. The van der Waals surface area contributed by atoms with E-state index in [-0.39, 0.29) is 18.2 Å². The molecule has 0 radical (unpaired) electrons. The van der Waals surface area contributed by atoms with Gasteiger partial charge >= 0.3 is 0 Å². The lowest BCUT2D eigenvalue weighted by molar-refractivity contribution is -0.122. The highest BCUT2D eigenvalue weighted by Crippen LogP contribution is 2.31. The summed E-state index contributed by atoms with van der Waals surface area (Å²) in [5.74, 6) is -0.0228. The lowest BCUT2D eigenvalue weighted by Gasteiger charge is -2.17. The van der Waals surface area contributed by atoms with Crippen molar-refractivity contribution in [2.45, 2.75) is 36.3 Å². The first-order chi connectivity index (χ1) is 13.0. The SMILES string of the molecule is CC[C@H](C)Sc1nnc(NC(=O)[C@@H]2CC(=O)N(c3cccc(OC)c3)C2)s1. The van der Waals surface area contributed by atoms with E-state index in [0.29, 0.717) is 22.7 Å². The highest BCUT2D eigenvalue weighted by Gasteiger charge is 2.35. The van der Waals surface area contributed by atoms with Crippen LogP contribution in [0.1, 0.15) is 26.7 Å². The van der Waals surface area contributed by atoms with Crippen LogP contribution in [0.25, 0.3) is 0 Å². The van der Waals surface area contributed by atoms with Crippen molar-refractivity contribution in [3.05, 3.63) is 24.3 Å². The molecule has 0 unspecified atom stereocenters. The van der Waals surface area contributed by atoms with E-state index in [0.717, 1.165) is 16.4 Å². The third-order valence-electron chi connectivity index (χ3n) is 4.37. The number of benzene rings is 1. The van der Waals surface area contributed by atoms with Crippen LogP contribution in [0.2, 0.25) is 0 Å². The number of carbonyl (C=O) groups is 2. The molecule has 2 atom stereocenters. The first kappa shape index (κ1) is 19.6. The Bertz CT molecular complexity index is 826. The number of nitrogens with zero attached hydrogens (tertiary/aromatic N) is 3. The summed E-state index contributed by atoms with van der Waals surface area (Å²) in [6, 6.07) is 7.27. The molecule has 144 valence electrons. The molecule has 1 saturated heterocycles. The van der Waals surface area contributed by atoms with E-state index in [1.807, 2.05) is 18.2 Å². The van der Waals surface area contributed by atoms with Crippen LogP contribution in [-0.2, 0) is 9.59 Å². The second-order valence-corrected chi connectivity index (χ2v) is 8.97. The van der Waals surface area contributed by atoms with Gasteiger partial charge in [-0.2, -0.15) is 0 Å². The van der Waals surface area contributed by atoms with Crippen LogP contribution in [0, 0.1) is 5.92 Å². The maximum absolute atomic E-state index is 12.6. The highest BCUT2D eigenvalue weighted by atomic mass is 32.2. The number of nitrogens with one attached hydrogen (secondary N) is 1. The van der Waals surface area contributed by atoms with Crippen LogP contribution in [0.4, 0.5) is 10.8 Å². The molecule has 2 aromatic rings. The largest absolute Gasteiger partial charge is 0.497 e. The van der Waals surface area contributed by atoms with Gasteiger partial charge in [-0.15, -0.1) is 10.2 Å². The van der Waals surface area contributed by atoms with Gasteiger partial charge in [-0.25, -0.2) is 0 Å². The van der Waals surface area contributed by atoms with Crippen LogP contribution < -0.4 is 15.0 Å². The summed E-state index contributed by atoms with van der Waals surface area (Å²) in [6.45, 7) is 4.58. The Kier molecular flexibility index (Phi) is 6.33. The van der Waals surface area contributed by atoms with Gasteiger partial charge in [-0.05, 0) is 18.6 Å². The molecule has 3 rings (SSSR count). The highest BCUT2D eigenvalue weighted by molar-refractivity contribution is 8.01. The first-order valence-corrected chi connectivity index (χ1v) is 10.4. The quantitative estimate of drug-likeness (QED) is 0.560. The zero-order valence-corrected chi connectivity index (χ0v) is 17.1. The van der Waals surface area contributed by atoms with Gasteiger partial charge in [0, 0.05) is 30.0 Å². The second-order valence-electron chi connectivity index (χ2n) is 6.31. The van der Waals surface area contributed by atoms with E-state index in [4.69, 9.17) is 4.74 Å². The van der Waals surface area contributed by atoms with Crippen LogP contribution >= 0.6 is 23.1 Å². The number of methoxy groups -OCH3 is 1.